The van der Waals surface area contributed by atoms with Gasteiger partial charge in [-0.2, -0.15) is 0 Å². The van der Waals surface area contributed by atoms with Crippen LogP contribution in [0.25, 0.3) is 0 Å². The Bertz CT molecular complexity index is 580. The summed E-state index contributed by atoms with van der Waals surface area (Å²) in [4.78, 5) is 2.30. The van der Waals surface area contributed by atoms with Crippen molar-refractivity contribution in [2.45, 2.75) is 4.90 Å². The Hall–Kier alpha value is -1.44. The van der Waals surface area contributed by atoms with Crippen molar-refractivity contribution in [3.05, 3.63) is 29.8 Å². The minimum absolute atomic E-state index is 0.0638. The maximum absolute atomic E-state index is 12.3. The van der Waals surface area contributed by atoms with Crippen LogP contribution in [0.1, 0.15) is 5.56 Å². The molecule has 1 aromatic rings. The first-order valence-electron chi connectivity index (χ1n) is 6.46. The van der Waals surface area contributed by atoms with E-state index >= 15 is 0 Å². The van der Waals surface area contributed by atoms with Gasteiger partial charge in [0.05, 0.1) is 23.9 Å². The third kappa shape index (κ3) is 3.78. The van der Waals surface area contributed by atoms with Crippen molar-refractivity contribution in [1.82, 2.24) is 4.90 Å². The van der Waals surface area contributed by atoms with E-state index in [1.54, 1.807) is 18.2 Å². The van der Waals surface area contributed by atoms with E-state index in [1.165, 1.54) is 6.07 Å². The largest absolute Gasteiger partial charge is 0.384 e. The van der Waals surface area contributed by atoms with Crippen LogP contribution in [0.5, 0.6) is 0 Å². The van der Waals surface area contributed by atoms with Gasteiger partial charge in [0.2, 0.25) is 0 Å². The monoisotopic (exact) mass is 297 g/mol. The summed E-state index contributed by atoms with van der Waals surface area (Å²) in [6.07, 6.45) is 0. The summed E-state index contributed by atoms with van der Waals surface area (Å²) < 4.78 is 29.8. The fourth-order valence-electron chi connectivity index (χ4n) is 2.05. The molecule has 2 rings (SSSR count). The van der Waals surface area contributed by atoms with Crippen LogP contribution in [-0.2, 0) is 14.6 Å². The highest BCUT2D eigenvalue weighted by Gasteiger charge is 2.18. The number of nitrogens with one attached hydrogen (secondary N) is 1. The minimum atomic E-state index is -3.35. The van der Waals surface area contributed by atoms with Gasteiger partial charge in [0.1, 0.15) is 5.84 Å². The van der Waals surface area contributed by atoms with Gasteiger partial charge in [0.25, 0.3) is 0 Å². The van der Waals surface area contributed by atoms with Gasteiger partial charge in [-0.05, 0) is 12.1 Å². The fraction of sp³-hybridized carbons (Fsp3) is 0.462. The second-order valence-electron chi connectivity index (χ2n) is 4.71. The molecule has 6 nitrogen and oxygen atoms in total. The standard InChI is InChI=1S/C13H19N3O3S/c14-13(15)11-2-1-3-12(10-11)20(17,18)9-6-16-4-7-19-8-5-16/h1-3,10H,4-9H2,(H3,14,15). The Balaban J connectivity index is 2.05. The number of rotatable bonds is 5. The Morgan fingerprint density at radius 2 is 2.05 bits per heavy atom. The van der Waals surface area contributed by atoms with Crippen LogP contribution >= 0.6 is 0 Å². The molecule has 7 heteroatoms. The fourth-order valence-corrected chi connectivity index (χ4v) is 3.38. The van der Waals surface area contributed by atoms with Crippen molar-refractivity contribution >= 4 is 15.7 Å². The van der Waals surface area contributed by atoms with Crippen molar-refractivity contribution in [3.63, 3.8) is 0 Å². The molecule has 0 aliphatic carbocycles. The van der Waals surface area contributed by atoms with E-state index in [0.29, 0.717) is 25.3 Å². The minimum Gasteiger partial charge on any atom is -0.384 e. The van der Waals surface area contributed by atoms with Crippen molar-refractivity contribution in [3.8, 4) is 0 Å². The molecule has 1 saturated heterocycles. The SMILES string of the molecule is N=C(N)c1cccc(S(=O)(=O)CCN2CCOCC2)c1. The molecule has 110 valence electrons. The zero-order valence-corrected chi connectivity index (χ0v) is 12.0. The summed E-state index contributed by atoms with van der Waals surface area (Å²) in [7, 11) is -3.35. The lowest BCUT2D eigenvalue weighted by Crippen LogP contribution is -2.39. The summed E-state index contributed by atoms with van der Waals surface area (Å²) in [6, 6.07) is 6.24. The Morgan fingerprint density at radius 3 is 2.70 bits per heavy atom. The molecule has 0 bridgehead atoms. The zero-order chi connectivity index (χ0) is 14.6. The quantitative estimate of drug-likeness (QED) is 0.592. The zero-order valence-electron chi connectivity index (χ0n) is 11.2. The van der Waals surface area contributed by atoms with E-state index in [0.717, 1.165) is 13.1 Å². The maximum Gasteiger partial charge on any atom is 0.179 e. The van der Waals surface area contributed by atoms with Gasteiger partial charge in [0, 0.05) is 25.2 Å². The predicted octanol–water partition coefficient (Wildman–Crippen LogP) is 0.0766. The molecular weight excluding hydrogens is 278 g/mol. The average molecular weight is 297 g/mol. The van der Waals surface area contributed by atoms with Gasteiger partial charge < -0.3 is 10.5 Å². The number of hydrogen-bond donors (Lipinski definition) is 2. The van der Waals surface area contributed by atoms with Crippen molar-refractivity contribution < 1.29 is 13.2 Å². The second-order valence-corrected chi connectivity index (χ2v) is 6.82. The highest BCUT2D eigenvalue weighted by molar-refractivity contribution is 7.91. The smallest absolute Gasteiger partial charge is 0.179 e. The highest BCUT2D eigenvalue weighted by atomic mass is 32.2. The third-order valence-electron chi connectivity index (χ3n) is 3.28. The Kier molecular flexibility index (Phi) is 4.74. The van der Waals surface area contributed by atoms with Crippen molar-refractivity contribution in [2.24, 2.45) is 5.73 Å². The molecule has 0 atom stereocenters. The van der Waals surface area contributed by atoms with Crippen LogP contribution in [0.2, 0.25) is 0 Å². The number of amidine groups is 1. The van der Waals surface area contributed by atoms with E-state index in [9.17, 15) is 8.42 Å². The van der Waals surface area contributed by atoms with Gasteiger partial charge >= 0.3 is 0 Å². The topological polar surface area (TPSA) is 96.5 Å². The molecule has 0 amide bonds. The molecule has 1 aliphatic rings. The van der Waals surface area contributed by atoms with Crippen molar-refractivity contribution in [2.75, 3.05) is 38.6 Å². The van der Waals surface area contributed by atoms with E-state index < -0.39 is 9.84 Å². The molecule has 20 heavy (non-hydrogen) atoms. The third-order valence-corrected chi connectivity index (χ3v) is 4.98. The average Bonchev–Trinajstić information content (AvgIpc) is 2.46. The molecule has 0 unspecified atom stereocenters. The van der Waals surface area contributed by atoms with E-state index in [4.69, 9.17) is 15.9 Å². The highest BCUT2D eigenvalue weighted by Crippen LogP contribution is 2.13. The van der Waals surface area contributed by atoms with Crippen molar-refractivity contribution in [1.29, 1.82) is 5.41 Å². The maximum atomic E-state index is 12.3. The van der Waals surface area contributed by atoms with Gasteiger partial charge in [-0.3, -0.25) is 10.3 Å². The number of morpholine rings is 1. The van der Waals surface area contributed by atoms with Crippen LogP contribution in [-0.4, -0.2) is 57.8 Å². The van der Waals surface area contributed by atoms with Crippen LogP contribution in [0.4, 0.5) is 0 Å². The molecule has 1 fully saturated rings. The molecule has 1 aliphatic heterocycles. The lowest BCUT2D eigenvalue weighted by molar-refractivity contribution is 0.0408. The number of nitrogens with two attached hydrogens (primary N) is 1. The summed E-state index contributed by atoms with van der Waals surface area (Å²) in [6.45, 7) is 3.34. The summed E-state index contributed by atoms with van der Waals surface area (Å²) in [5, 5.41) is 7.36. The molecule has 1 aromatic carbocycles. The summed E-state index contributed by atoms with van der Waals surface area (Å²) in [5.41, 5.74) is 5.81. The number of hydrogen-bond acceptors (Lipinski definition) is 5. The first-order valence-corrected chi connectivity index (χ1v) is 8.11. The molecule has 0 saturated carbocycles. The Morgan fingerprint density at radius 1 is 1.35 bits per heavy atom. The molecule has 1 heterocycles. The Labute approximate surface area is 119 Å². The summed E-state index contributed by atoms with van der Waals surface area (Å²) in [5.74, 6) is -0.0656. The van der Waals surface area contributed by atoms with E-state index in [1.807, 2.05) is 0 Å². The number of sulfone groups is 1. The van der Waals surface area contributed by atoms with Crippen LogP contribution in [0.3, 0.4) is 0 Å². The van der Waals surface area contributed by atoms with E-state index in [-0.39, 0.29) is 16.5 Å². The molecule has 0 spiro atoms. The normalized spacial score (nSPS) is 17.0. The van der Waals surface area contributed by atoms with Gasteiger partial charge in [-0.1, -0.05) is 12.1 Å². The first-order chi connectivity index (χ1) is 9.49. The lowest BCUT2D eigenvalue weighted by atomic mass is 10.2. The lowest BCUT2D eigenvalue weighted by Gasteiger charge is -2.26. The van der Waals surface area contributed by atoms with Crippen LogP contribution in [0, 0.1) is 5.41 Å². The number of nitrogen functional groups attached to an aromatic ring is 1. The van der Waals surface area contributed by atoms with Gasteiger partial charge in [-0.25, -0.2) is 8.42 Å². The molecule has 3 N–H and O–H groups in total. The second kappa shape index (κ2) is 6.34. The number of nitrogens with zero attached hydrogens (tertiary/aromatic N) is 1. The molecule has 0 aromatic heterocycles. The number of benzene rings is 1. The van der Waals surface area contributed by atoms with Crippen LogP contribution < -0.4 is 5.73 Å². The molecular formula is C13H19N3O3S. The van der Waals surface area contributed by atoms with Gasteiger partial charge in [0.15, 0.2) is 9.84 Å². The first kappa shape index (κ1) is 15.0. The van der Waals surface area contributed by atoms with Gasteiger partial charge in [-0.15, -0.1) is 0 Å². The predicted molar refractivity (Wildman–Crippen MR) is 76.8 cm³/mol. The molecule has 0 radical (unpaired) electrons. The van der Waals surface area contributed by atoms with Crippen LogP contribution in [0.15, 0.2) is 29.2 Å². The van der Waals surface area contributed by atoms with E-state index in [2.05, 4.69) is 4.90 Å². The summed E-state index contributed by atoms with van der Waals surface area (Å²) >= 11 is 0. The number of ether oxygens (including phenoxy) is 1.